The number of rotatable bonds is 7. The maximum absolute atomic E-state index is 13.0. The van der Waals surface area contributed by atoms with Gasteiger partial charge in [-0.25, -0.2) is 4.99 Å². The molecule has 1 amide bonds. The van der Waals surface area contributed by atoms with Gasteiger partial charge in [0.1, 0.15) is 24.3 Å². The highest BCUT2D eigenvalue weighted by Crippen LogP contribution is 2.37. The quantitative estimate of drug-likeness (QED) is 0.551. The fraction of sp³-hybridized carbons (Fsp3) is 0.231. The summed E-state index contributed by atoms with van der Waals surface area (Å²) < 4.78 is 44.7. The highest BCUT2D eigenvalue weighted by atomic mass is 19.4. The monoisotopic (exact) mass is 468 g/mol. The van der Waals surface area contributed by atoms with Gasteiger partial charge in [0, 0.05) is 6.42 Å². The van der Waals surface area contributed by atoms with Crippen LogP contribution < -0.4 is 5.32 Å². The van der Waals surface area contributed by atoms with Crippen molar-refractivity contribution in [3.8, 4) is 0 Å². The van der Waals surface area contributed by atoms with E-state index in [1.807, 2.05) is 17.4 Å². The first-order valence-corrected chi connectivity index (χ1v) is 10.7. The molecule has 8 heteroatoms. The van der Waals surface area contributed by atoms with Crippen molar-refractivity contribution < 1.29 is 27.8 Å². The van der Waals surface area contributed by atoms with E-state index in [1.165, 1.54) is 0 Å². The molecular formula is C26H23F3N2O3. The van der Waals surface area contributed by atoms with Crippen molar-refractivity contribution in [1.29, 1.82) is 0 Å². The molecule has 3 aromatic rings. The first kappa shape index (κ1) is 23.5. The van der Waals surface area contributed by atoms with Gasteiger partial charge in [-0.15, -0.1) is 0 Å². The van der Waals surface area contributed by atoms with E-state index in [9.17, 15) is 23.1 Å². The molecule has 0 fully saturated rings. The van der Waals surface area contributed by atoms with Crippen molar-refractivity contribution in [2.45, 2.75) is 30.3 Å². The van der Waals surface area contributed by atoms with E-state index in [0.29, 0.717) is 16.7 Å². The van der Waals surface area contributed by atoms with Gasteiger partial charge in [0.2, 0.25) is 5.90 Å². The number of aliphatic hydroxyl groups is 1. The smallest absolute Gasteiger partial charge is 0.471 e. The Morgan fingerprint density at radius 2 is 1.44 bits per heavy atom. The summed E-state index contributed by atoms with van der Waals surface area (Å²) in [5, 5.41) is 13.9. The Labute approximate surface area is 194 Å². The molecule has 2 atom stereocenters. The van der Waals surface area contributed by atoms with Crippen LogP contribution >= 0.6 is 0 Å². The van der Waals surface area contributed by atoms with Crippen LogP contribution in [-0.4, -0.2) is 41.8 Å². The maximum Gasteiger partial charge on any atom is 0.471 e. The summed E-state index contributed by atoms with van der Waals surface area (Å²) in [7, 11) is 0. The van der Waals surface area contributed by atoms with E-state index in [1.54, 1.807) is 78.9 Å². The molecular weight excluding hydrogens is 445 g/mol. The number of hydrogen-bond acceptors (Lipinski definition) is 4. The van der Waals surface area contributed by atoms with Crippen molar-refractivity contribution >= 4 is 11.8 Å². The molecule has 1 heterocycles. The van der Waals surface area contributed by atoms with Gasteiger partial charge in [-0.2, -0.15) is 13.2 Å². The number of carbonyl (C=O) groups is 1. The summed E-state index contributed by atoms with van der Waals surface area (Å²) in [5.74, 6) is -2.14. The molecule has 176 valence electrons. The summed E-state index contributed by atoms with van der Waals surface area (Å²) in [5.41, 5.74) is 0.249. The molecule has 0 radical (unpaired) electrons. The summed E-state index contributed by atoms with van der Waals surface area (Å²) in [6, 6.07) is 24.6. The summed E-state index contributed by atoms with van der Waals surface area (Å²) in [6.45, 7) is -0.0667. The lowest BCUT2D eigenvalue weighted by Crippen LogP contribution is -2.48. The number of amides is 1. The zero-order valence-corrected chi connectivity index (χ0v) is 18.1. The third-order valence-electron chi connectivity index (χ3n) is 5.73. The Morgan fingerprint density at radius 3 is 1.94 bits per heavy atom. The van der Waals surface area contributed by atoms with Crippen molar-refractivity contribution in [3.05, 3.63) is 108 Å². The Morgan fingerprint density at radius 1 is 0.941 bits per heavy atom. The maximum atomic E-state index is 13.0. The van der Waals surface area contributed by atoms with E-state index in [-0.39, 0.29) is 18.9 Å². The number of alkyl halides is 3. The Bertz CT molecular complexity index is 1100. The van der Waals surface area contributed by atoms with Gasteiger partial charge < -0.3 is 15.2 Å². The number of ether oxygens (including phenoxy) is 1. The molecule has 5 nitrogen and oxygen atoms in total. The SMILES string of the molecule is O=C(N[C@H](Cc1ccccc1)C1=N[C@H](C(O)(c2ccccc2)c2ccccc2)CO1)C(F)(F)F. The number of benzene rings is 3. The second-order valence-corrected chi connectivity index (χ2v) is 8.01. The van der Waals surface area contributed by atoms with Gasteiger partial charge in [-0.1, -0.05) is 91.0 Å². The van der Waals surface area contributed by atoms with E-state index in [2.05, 4.69) is 4.99 Å². The summed E-state index contributed by atoms with van der Waals surface area (Å²) >= 11 is 0. The molecule has 34 heavy (non-hydrogen) atoms. The lowest BCUT2D eigenvalue weighted by Gasteiger charge is -2.32. The van der Waals surface area contributed by atoms with Crippen LogP contribution in [0.25, 0.3) is 0 Å². The second kappa shape index (κ2) is 9.69. The Kier molecular flexibility index (Phi) is 6.70. The molecule has 4 rings (SSSR count). The highest BCUT2D eigenvalue weighted by Gasteiger charge is 2.46. The molecule has 0 aliphatic carbocycles. The molecule has 0 bridgehead atoms. The van der Waals surface area contributed by atoms with Crippen molar-refractivity contribution in [3.63, 3.8) is 0 Å². The van der Waals surface area contributed by atoms with Crippen LogP contribution in [0.3, 0.4) is 0 Å². The lowest BCUT2D eigenvalue weighted by molar-refractivity contribution is -0.174. The molecule has 0 spiro atoms. The normalized spacial score (nSPS) is 16.9. The fourth-order valence-corrected chi connectivity index (χ4v) is 4.02. The van der Waals surface area contributed by atoms with Gasteiger partial charge in [-0.05, 0) is 16.7 Å². The topological polar surface area (TPSA) is 70.9 Å². The zero-order chi connectivity index (χ0) is 24.2. The predicted molar refractivity (Wildman–Crippen MR) is 121 cm³/mol. The van der Waals surface area contributed by atoms with Crippen molar-refractivity contribution in [2.24, 2.45) is 4.99 Å². The first-order chi connectivity index (χ1) is 16.3. The third-order valence-corrected chi connectivity index (χ3v) is 5.73. The minimum absolute atomic E-state index is 0.0450. The first-order valence-electron chi connectivity index (χ1n) is 10.7. The minimum atomic E-state index is -5.05. The van der Waals surface area contributed by atoms with Crippen LogP contribution in [0.5, 0.6) is 0 Å². The van der Waals surface area contributed by atoms with Crippen LogP contribution in [0, 0.1) is 0 Å². The molecule has 0 saturated heterocycles. The molecule has 2 N–H and O–H groups in total. The number of nitrogens with zero attached hydrogens (tertiary/aromatic N) is 1. The largest absolute Gasteiger partial charge is 0.477 e. The molecule has 3 aromatic carbocycles. The molecule has 1 aliphatic heterocycles. The van der Waals surface area contributed by atoms with Gasteiger partial charge >= 0.3 is 12.1 Å². The van der Waals surface area contributed by atoms with E-state index < -0.39 is 29.8 Å². The van der Waals surface area contributed by atoms with Crippen molar-refractivity contribution in [2.75, 3.05) is 6.61 Å². The van der Waals surface area contributed by atoms with Gasteiger partial charge in [0.15, 0.2) is 0 Å². The number of aliphatic imine (C=N–C) groups is 1. The van der Waals surface area contributed by atoms with Crippen LogP contribution in [0.4, 0.5) is 13.2 Å². The molecule has 0 unspecified atom stereocenters. The van der Waals surface area contributed by atoms with Gasteiger partial charge in [0.25, 0.3) is 0 Å². The van der Waals surface area contributed by atoms with Crippen LogP contribution in [-0.2, 0) is 21.6 Å². The average molecular weight is 468 g/mol. The van der Waals surface area contributed by atoms with Gasteiger partial charge in [-0.3, -0.25) is 4.79 Å². The third kappa shape index (κ3) is 4.97. The molecule has 0 aromatic heterocycles. The number of nitrogens with one attached hydrogen (secondary N) is 1. The average Bonchev–Trinajstić information content (AvgIpc) is 3.35. The predicted octanol–water partition coefficient (Wildman–Crippen LogP) is 4.01. The number of hydrogen-bond donors (Lipinski definition) is 2. The number of halogens is 3. The summed E-state index contributed by atoms with van der Waals surface area (Å²) in [6.07, 6.45) is -5.01. The zero-order valence-electron chi connectivity index (χ0n) is 18.1. The van der Waals surface area contributed by atoms with Gasteiger partial charge in [0.05, 0.1) is 0 Å². The number of carbonyl (C=O) groups excluding carboxylic acids is 1. The van der Waals surface area contributed by atoms with Crippen LogP contribution in [0.15, 0.2) is 96.0 Å². The van der Waals surface area contributed by atoms with Crippen LogP contribution in [0.2, 0.25) is 0 Å². The Balaban J connectivity index is 1.70. The second-order valence-electron chi connectivity index (χ2n) is 8.01. The Hall–Kier alpha value is -3.65. The highest BCUT2D eigenvalue weighted by molar-refractivity contribution is 5.90. The van der Waals surface area contributed by atoms with E-state index in [0.717, 1.165) is 0 Å². The lowest BCUT2D eigenvalue weighted by atomic mass is 9.81. The van der Waals surface area contributed by atoms with E-state index in [4.69, 9.17) is 4.74 Å². The van der Waals surface area contributed by atoms with E-state index >= 15 is 0 Å². The molecule has 0 saturated carbocycles. The molecule has 1 aliphatic rings. The van der Waals surface area contributed by atoms with Crippen LogP contribution in [0.1, 0.15) is 16.7 Å². The fourth-order valence-electron chi connectivity index (χ4n) is 4.02. The standard InChI is InChI=1S/C26H23F3N2O3/c27-26(28,29)24(32)30-21(16-18-10-4-1-5-11-18)23-31-22(17-34-23)25(33,19-12-6-2-7-13-19)20-14-8-3-9-15-20/h1-15,21-22,33H,16-17H2,(H,30,32)/t21-,22+/m1/s1. The minimum Gasteiger partial charge on any atom is -0.477 e. The van der Waals surface area contributed by atoms with Crippen molar-refractivity contribution in [1.82, 2.24) is 5.32 Å². The summed E-state index contributed by atoms with van der Waals surface area (Å²) in [4.78, 5) is 16.3.